The van der Waals surface area contributed by atoms with Gasteiger partial charge in [0.1, 0.15) is 0 Å². The highest BCUT2D eigenvalue weighted by molar-refractivity contribution is 14.1. The van der Waals surface area contributed by atoms with E-state index in [4.69, 9.17) is 0 Å². The zero-order valence-corrected chi connectivity index (χ0v) is 12.5. The van der Waals surface area contributed by atoms with E-state index in [0.717, 1.165) is 9.26 Å². The molecule has 0 aliphatic heterocycles. The lowest BCUT2D eigenvalue weighted by Crippen LogP contribution is -2.12. The van der Waals surface area contributed by atoms with Crippen LogP contribution in [0.25, 0.3) is 0 Å². The topological polar surface area (TPSA) is 29.1 Å². The Balaban J connectivity index is 2.18. The molecular weight excluding hydrogens is 337 g/mol. The smallest absolute Gasteiger partial charge is 0.255 e. The van der Waals surface area contributed by atoms with Gasteiger partial charge in [0.25, 0.3) is 5.91 Å². The van der Waals surface area contributed by atoms with Gasteiger partial charge in [0, 0.05) is 14.8 Å². The van der Waals surface area contributed by atoms with Crippen LogP contribution in [0.5, 0.6) is 0 Å². The van der Waals surface area contributed by atoms with Gasteiger partial charge >= 0.3 is 0 Å². The highest BCUT2D eigenvalue weighted by atomic mass is 127. The highest BCUT2D eigenvalue weighted by Gasteiger charge is 2.06. The number of aryl methyl sites for hydroxylation is 2. The molecule has 0 saturated heterocycles. The van der Waals surface area contributed by atoms with Crippen LogP contribution in [-0.4, -0.2) is 5.91 Å². The molecule has 0 spiro atoms. The molecule has 0 saturated carbocycles. The normalized spacial score (nSPS) is 10.2. The summed E-state index contributed by atoms with van der Waals surface area (Å²) < 4.78 is 1.06. The third-order valence-corrected chi connectivity index (χ3v) is 3.52. The largest absolute Gasteiger partial charge is 0.322 e. The Bertz CT molecular complexity index is 593. The number of benzene rings is 2. The zero-order chi connectivity index (χ0) is 13.1. The van der Waals surface area contributed by atoms with Gasteiger partial charge in [0.05, 0.1) is 0 Å². The lowest BCUT2D eigenvalue weighted by atomic mass is 10.1. The summed E-state index contributed by atoms with van der Waals surface area (Å²) in [5.41, 5.74) is 3.92. The number of nitrogens with one attached hydrogen (secondary N) is 1. The van der Waals surface area contributed by atoms with Crippen LogP contribution in [0.3, 0.4) is 0 Å². The summed E-state index contributed by atoms with van der Waals surface area (Å²) in [6.45, 7) is 4.09. The van der Waals surface area contributed by atoms with Crippen molar-refractivity contribution in [1.82, 2.24) is 0 Å². The summed E-state index contributed by atoms with van der Waals surface area (Å²) in [6.07, 6.45) is 0. The van der Waals surface area contributed by atoms with E-state index in [2.05, 4.69) is 34.8 Å². The average molecular weight is 351 g/mol. The van der Waals surface area contributed by atoms with E-state index in [-0.39, 0.29) is 5.91 Å². The fourth-order valence-electron chi connectivity index (χ4n) is 1.65. The van der Waals surface area contributed by atoms with E-state index < -0.39 is 0 Å². The van der Waals surface area contributed by atoms with Crippen LogP contribution in [0.2, 0.25) is 0 Å². The maximum atomic E-state index is 12.0. The van der Waals surface area contributed by atoms with Crippen molar-refractivity contribution in [1.29, 1.82) is 0 Å². The van der Waals surface area contributed by atoms with Crippen LogP contribution in [0, 0.1) is 17.4 Å². The summed E-state index contributed by atoms with van der Waals surface area (Å²) >= 11 is 2.20. The molecule has 92 valence electrons. The predicted octanol–water partition coefficient (Wildman–Crippen LogP) is 4.16. The molecule has 1 N–H and O–H groups in total. The van der Waals surface area contributed by atoms with Gasteiger partial charge in [-0.25, -0.2) is 0 Å². The molecule has 2 nitrogen and oxygen atoms in total. The Kier molecular flexibility index (Phi) is 4.01. The molecular formula is C15H14INO. The summed E-state index contributed by atoms with van der Waals surface area (Å²) in [7, 11) is 0. The van der Waals surface area contributed by atoms with Crippen molar-refractivity contribution in [3.8, 4) is 0 Å². The molecule has 0 bridgehead atoms. The van der Waals surface area contributed by atoms with Gasteiger partial charge in [0.2, 0.25) is 0 Å². The van der Waals surface area contributed by atoms with Gasteiger partial charge in [-0.2, -0.15) is 0 Å². The molecule has 0 fully saturated rings. The second-order valence-electron chi connectivity index (χ2n) is 4.26. The summed E-state index contributed by atoms with van der Waals surface area (Å²) in [6, 6.07) is 13.5. The van der Waals surface area contributed by atoms with Crippen LogP contribution in [0.1, 0.15) is 21.5 Å². The first-order valence-electron chi connectivity index (χ1n) is 5.70. The molecule has 0 unspecified atom stereocenters. The monoisotopic (exact) mass is 351 g/mol. The first kappa shape index (κ1) is 13.1. The van der Waals surface area contributed by atoms with Crippen LogP contribution in [-0.2, 0) is 0 Å². The van der Waals surface area contributed by atoms with Crippen molar-refractivity contribution in [2.75, 3.05) is 5.32 Å². The van der Waals surface area contributed by atoms with Crippen molar-refractivity contribution >= 4 is 34.2 Å². The first-order chi connectivity index (χ1) is 8.56. The number of carbonyl (C=O) groups excluding carboxylic acids is 1. The Labute approximate surface area is 121 Å². The average Bonchev–Trinajstić information content (AvgIpc) is 2.34. The molecule has 0 aromatic heterocycles. The molecule has 2 rings (SSSR count). The highest BCUT2D eigenvalue weighted by Crippen LogP contribution is 2.16. The molecule has 2 aromatic carbocycles. The SMILES string of the molecule is Cc1ccc(NC(=O)c2cccc(I)c2)cc1C. The first-order valence-corrected chi connectivity index (χ1v) is 6.78. The second-order valence-corrected chi connectivity index (χ2v) is 5.51. The molecule has 0 radical (unpaired) electrons. The van der Waals surface area contributed by atoms with E-state index in [1.807, 2.05) is 49.4 Å². The Hall–Kier alpha value is -1.36. The van der Waals surface area contributed by atoms with Gasteiger partial charge < -0.3 is 5.32 Å². The minimum Gasteiger partial charge on any atom is -0.322 e. The fourth-order valence-corrected chi connectivity index (χ4v) is 2.20. The summed E-state index contributed by atoms with van der Waals surface area (Å²) in [5, 5.41) is 2.91. The Morgan fingerprint density at radius 2 is 1.83 bits per heavy atom. The Morgan fingerprint density at radius 3 is 2.50 bits per heavy atom. The van der Waals surface area contributed by atoms with E-state index in [1.54, 1.807) is 0 Å². The zero-order valence-electron chi connectivity index (χ0n) is 10.3. The minimum absolute atomic E-state index is 0.0724. The van der Waals surface area contributed by atoms with Gasteiger partial charge in [-0.1, -0.05) is 12.1 Å². The van der Waals surface area contributed by atoms with Crippen LogP contribution in [0.15, 0.2) is 42.5 Å². The number of amides is 1. The molecule has 0 aliphatic carbocycles. The Morgan fingerprint density at radius 1 is 1.06 bits per heavy atom. The van der Waals surface area contributed by atoms with Gasteiger partial charge in [-0.15, -0.1) is 0 Å². The molecule has 2 aromatic rings. The molecule has 18 heavy (non-hydrogen) atoms. The van der Waals surface area contributed by atoms with Crippen LogP contribution >= 0.6 is 22.6 Å². The van der Waals surface area contributed by atoms with Gasteiger partial charge in [0.15, 0.2) is 0 Å². The standard InChI is InChI=1S/C15H14INO/c1-10-6-7-14(8-11(10)2)17-15(18)12-4-3-5-13(16)9-12/h3-9H,1-2H3,(H,17,18). The fraction of sp³-hybridized carbons (Fsp3) is 0.133. The number of halogens is 1. The molecule has 0 atom stereocenters. The summed E-state index contributed by atoms with van der Waals surface area (Å²) in [5.74, 6) is -0.0724. The van der Waals surface area contributed by atoms with Crippen molar-refractivity contribution < 1.29 is 4.79 Å². The minimum atomic E-state index is -0.0724. The van der Waals surface area contributed by atoms with Crippen molar-refractivity contribution in [2.24, 2.45) is 0 Å². The number of carbonyl (C=O) groups is 1. The van der Waals surface area contributed by atoms with Crippen molar-refractivity contribution in [3.63, 3.8) is 0 Å². The van der Waals surface area contributed by atoms with E-state index in [0.29, 0.717) is 5.56 Å². The molecule has 1 amide bonds. The number of rotatable bonds is 2. The quantitative estimate of drug-likeness (QED) is 0.809. The summed E-state index contributed by atoms with van der Waals surface area (Å²) in [4.78, 5) is 12.0. The van der Waals surface area contributed by atoms with E-state index in [9.17, 15) is 4.79 Å². The molecule has 0 heterocycles. The maximum Gasteiger partial charge on any atom is 0.255 e. The van der Waals surface area contributed by atoms with Crippen LogP contribution in [0.4, 0.5) is 5.69 Å². The second kappa shape index (κ2) is 5.52. The third kappa shape index (κ3) is 3.10. The lowest BCUT2D eigenvalue weighted by Gasteiger charge is -2.08. The number of hydrogen-bond acceptors (Lipinski definition) is 1. The van der Waals surface area contributed by atoms with Crippen molar-refractivity contribution in [3.05, 3.63) is 62.7 Å². The predicted molar refractivity (Wildman–Crippen MR) is 83.0 cm³/mol. The van der Waals surface area contributed by atoms with E-state index >= 15 is 0 Å². The van der Waals surface area contributed by atoms with Gasteiger partial charge in [-0.3, -0.25) is 4.79 Å². The lowest BCUT2D eigenvalue weighted by molar-refractivity contribution is 0.102. The van der Waals surface area contributed by atoms with E-state index in [1.165, 1.54) is 11.1 Å². The van der Waals surface area contributed by atoms with Crippen molar-refractivity contribution in [2.45, 2.75) is 13.8 Å². The van der Waals surface area contributed by atoms with Gasteiger partial charge in [-0.05, 0) is 77.9 Å². The maximum absolute atomic E-state index is 12.0. The molecule has 3 heteroatoms. The number of hydrogen-bond donors (Lipinski definition) is 1. The van der Waals surface area contributed by atoms with Crippen LogP contribution < -0.4 is 5.32 Å². The molecule has 0 aliphatic rings. The third-order valence-electron chi connectivity index (χ3n) is 2.85. The number of anilines is 1.